The Bertz CT molecular complexity index is 488. The first kappa shape index (κ1) is 12.8. The van der Waals surface area contributed by atoms with Crippen LogP contribution >= 0.6 is 11.3 Å². The van der Waals surface area contributed by atoms with E-state index in [4.69, 9.17) is 10.8 Å². The van der Waals surface area contributed by atoms with Crippen molar-refractivity contribution in [1.29, 1.82) is 0 Å². The summed E-state index contributed by atoms with van der Waals surface area (Å²) in [6, 6.07) is 0. The van der Waals surface area contributed by atoms with Gasteiger partial charge in [-0.3, -0.25) is 9.59 Å². The molecular weight excluding hydrogens is 254 g/mol. The van der Waals surface area contributed by atoms with Crippen LogP contribution in [0.2, 0.25) is 0 Å². The van der Waals surface area contributed by atoms with Crippen LogP contribution in [0.5, 0.6) is 0 Å². The standard InChI is InChI=1S/C11H15N3O3S/c1-11(9(16)17)2-3-14(6-11)8(15)4-7-5-18-10(12)13-7/h5H,2-4,6H2,1H3,(H2,12,13)(H,16,17). The van der Waals surface area contributed by atoms with Gasteiger partial charge in [0, 0.05) is 18.5 Å². The van der Waals surface area contributed by atoms with E-state index in [-0.39, 0.29) is 18.9 Å². The van der Waals surface area contributed by atoms with Crippen LogP contribution in [0.25, 0.3) is 0 Å². The SMILES string of the molecule is CC1(C(=O)O)CCN(C(=O)Cc2csc(N)n2)C1. The smallest absolute Gasteiger partial charge is 0.311 e. The monoisotopic (exact) mass is 269 g/mol. The molecule has 3 N–H and O–H groups in total. The van der Waals surface area contributed by atoms with Crippen molar-refractivity contribution in [3.8, 4) is 0 Å². The molecule has 1 unspecified atom stereocenters. The van der Waals surface area contributed by atoms with Gasteiger partial charge < -0.3 is 15.7 Å². The molecule has 98 valence electrons. The number of nitrogens with two attached hydrogens (primary N) is 1. The van der Waals surface area contributed by atoms with E-state index in [1.807, 2.05) is 0 Å². The summed E-state index contributed by atoms with van der Waals surface area (Å²) in [6.45, 7) is 2.42. The number of rotatable bonds is 3. The third-order valence-corrected chi connectivity index (χ3v) is 3.97. The highest BCUT2D eigenvalue weighted by molar-refractivity contribution is 7.13. The molecule has 1 aliphatic heterocycles. The molecule has 1 aromatic heterocycles. The van der Waals surface area contributed by atoms with Crippen LogP contribution in [0, 0.1) is 5.41 Å². The molecule has 1 aromatic rings. The van der Waals surface area contributed by atoms with E-state index >= 15 is 0 Å². The Morgan fingerprint density at radius 3 is 2.89 bits per heavy atom. The molecule has 0 spiro atoms. The van der Waals surface area contributed by atoms with Gasteiger partial charge >= 0.3 is 5.97 Å². The highest BCUT2D eigenvalue weighted by atomic mass is 32.1. The molecule has 2 heterocycles. The summed E-state index contributed by atoms with van der Waals surface area (Å²) in [6.07, 6.45) is 0.677. The quantitative estimate of drug-likeness (QED) is 0.837. The second-order valence-corrected chi connectivity index (χ2v) is 5.67. The number of anilines is 1. The predicted octanol–water partition coefficient (Wildman–Crippen LogP) is 0.591. The van der Waals surface area contributed by atoms with Crippen LogP contribution in [0.1, 0.15) is 19.0 Å². The Hall–Kier alpha value is -1.63. The van der Waals surface area contributed by atoms with E-state index in [9.17, 15) is 9.59 Å². The van der Waals surface area contributed by atoms with E-state index in [2.05, 4.69) is 4.98 Å². The van der Waals surface area contributed by atoms with Crippen molar-refractivity contribution in [2.45, 2.75) is 19.8 Å². The van der Waals surface area contributed by atoms with Gasteiger partial charge in [0.15, 0.2) is 5.13 Å². The molecule has 1 saturated heterocycles. The fourth-order valence-corrected chi connectivity index (χ4v) is 2.58. The molecule has 1 aliphatic rings. The summed E-state index contributed by atoms with van der Waals surface area (Å²) in [4.78, 5) is 28.7. The van der Waals surface area contributed by atoms with Crippen molar-refractivity contribution in [2.75, 3.05) is 18.8 Å². The van der Waals surface area contributed by atoms with Crippen molar-refractivity contribution in [3.63, 3.8) is 0 Å². The van der Waals surface area contributed by atoms with Gasteiger partial charge in [0.05, 0.1) is 17.5 Å². The highest BCUT2D eigenvalue weighted by Crippen LogP contribution is 2.30. The molecule has 0 radical (unpaired) electrons. The second kappa shape index (κ2) is 4.56. The normalized spacial score (nSPS) is 23.3. The molecule has 1 atom stereocenters. The number of nitrogens with zero attached hydrogens (tertiary/aromatic N) is 2. The molecule has 7 heteroatoms. The minimum Gasteiger partial charge on any atom is -0.481 e. The average molecular weight is 269 g/mol. The number of aromatic nitrogens is 1. The van der Waals surface area contributed by atoms with Gasteiger partial charge in [0.2, 0.25) is 5.91 Å². The van der Waals surface area contributed by atoms with Crippen LogP contribution in [0.15, 0.2) is 5.38 Å². The second-order valence-electron chi connectivity index (χ2n) is 4.78. The lowest BCUT2D eigenvalue weighted by atomic mass is 9.90. The molecule has 0 bridgehead atoms. The Balaban J connectivity index is 1.98. The summed E-state index contributed by atoms with van der Waals surface area (Å²) in [5, 5.41) is 11.3. The summed E-state index contributed by atoms with van der Waals surface area (Å²) < 4.78 is 0. The summed E-state index contributed by atoms with van der Waals surface area (Å²) in [5.74, 6) is -0.944. The van der Waals surface area contributed by atoms with Crippen LogP contribution < -0.4 is 5.73 Å². The molecule has 0 aromatic carbocycles. The maximum absolute atomic E-state index is 12.0. The first-order valence-electron chi connectivity index (χ1n) is 5.62. The van der Waals surface area contributed by atoms with E-state index in [1.54, 1.807) is 17.2 Å². The minimum atomic E-state index is -0.851. The van der Waals surface area contributed by atoms with E-state index in [0.29, 0.717) is 23.8 Å². The average Bonchev–Trinajstić information content (AvgIpc) is 2.86. The number of carboxylic acids is 1. The Kier molecular flexibility index (Phi) is 3.25. The number of hydrogen-bond acceptors (Lipinski definition) is 5. The van der Waals surface area contributed by atoms with Crippen LogP contribution in [-0.4, -0.2) is 40.0 Å². The Labute approximate surface area is 108 Å². The summed E-state index contributed by atoms with van der Waals surface area (Å²) >= 11 is 1.30. The molecule has 1 amide bonds. The third kappa shape index (κ3) is 2.45. The number of carboxylic acid groups (broad SMARTS) is 1. The number of amides is 1. The number of thiazole rings is 1. The maximum atomic E-state index is 12.0. The van der Waals surface area contributed by atoms with Crippen molar-refractivity contribution < 1.29 is 14.7 Å². The van der Waals surface area contributed by atoms with E-state index < -0.39 is 11.4 Å². The van der Waals surface area contributed by atoms with E-state index in [1.165, 1.54) is 11.3 Å². The number of nitrogen functional groups attached to an aromatic ring is 1. The molecule has 1 fully saturated rings. The predicted molar refractivity (Wildman–Crippen MR) is 67.2 cm³/mol. The Morgan fingerprint density at radius 2 is 2.39 bits per heavy atom. The number of likely N-dealkylation sites (tertiary alicyclic amines) is 1. The zero-order valence-corrected chi connectivity index (χ0v) is 10.9. The lowest BCUT2D eigenvalue weighted by Gasteiger charge is -2.19. The first-order chi connectivity index (χ1) is 8.40. The molecule has 18 heavy (non-hydrogen) atoms. The molecule has 2 rings (SSSR count). The molecule has 0 saturated carbocycles. The zero-order valence-electron chi connectivity index (χ0n) is 10.0. The topological polar surface area (TPSA) is 96.5 Å². The molecule has 0 aliphatic carbocycles. The fourth-order valence-electron chi connectivity index (χ4n) is 2.02. The van der Waals surface area contributed by atoms with Gasteiger partial charge in [-0.05, 0) is 13.3 Å². The van der Waals surface area contributed by atoms with Crippen molar-refractivity contribution in [3.05, 3.63) is 11.1 Å². The number of hydrogen-bond donors (Lipinski definition) is 2. The third-order valence-electron chi connectivity index (χ3n) is 3.24. The summed E-state index contributed by atoms with van der Waals surface area (Å²) in [7, 11) is 0. The number of carbonyl (C=O) groups excluding carboxylic acids is 1. The zero-order chi connectivity index (χ0) is 13.3. The molecule has 6 nitrogen and oxygen atoms in total. The van der Waals surface area contributed by atoms with Gasteiger partial charge in [0.25, 0.3) is 0 Å². The van der Waals surface area contributed by atoms with Gasteiger partial charge in [-0.2, -0.15) is 0 Å². The largest absolute Gasteiger partial charge is 0.481 e. The van der Waals surface area contributed by atoms with Crippen molar-refractivity contribution in [2.24, 2.45) is 5.41 Å². The van der Waals surface area contributed by atoms with Gasteiger partial charge in [-0.25, -0.2) is 4.98 Å². The molecular formula is C11H15N3O3S. The summed E-state index contributed by atoms with van der Waals surface area (Å²) in [5.41, 5.74) is 5.32. The van der Waals surface area contributed by atoms with Gasteiger partial charge in [0.1, 0.15) is 0 Å². The van der Waals surface area contributed by atoms with Crippen LogP contribution in [0.3, 0.4) is 0 Å². The fraction of sp³-hybridized carbons (Fsp3) is 0.545. The first-order valence-corrected chi connectivity index (χ1v) is 6.50. The lowest BCUT2D eigenvalue weighted by Crippen LogP contribution is -2.35. The number of carbonyl (C=O) groups is 2. The van der Waals surface area contributed by atoms with Gasteiger partial charge in [-0.1, -0.05) is 0 Å². The van der Waals surface area contributed by atoms with Crippen molar-refractivity contribution >= 4 is 28.3 Å². The number of aliphatic carboxylic acids is 1. The van der Waals surface area contributed by atoms with Gasteiger partial charge in [-0.15, -0.1) is 11.3 Å². The Morgan fingerprint density at radius 1 is 1.67 bits per heavy atom. The van der Waals surface area contributed by atoms with Crippen LogP contribution in [0.4, 0.5) is 5.13 Å². The maximum Gasteiger partial charge on any atom is 0.311 e. The van der Waals surface area contributed by atoms with E-state index in [0.717, 1.165) is 0 Å². The highest BCUT2D eigenvalue weighted by Gasteiger charge is 2.41. The minimum absolute atomic E-state index is 0.0923. The van der Waals surface area contributed by atoms with Crippen molar-refractivity contribution in [1.82, 2.24) is 9.88 Å². The van der Waals surface area contributed by atoms with Crippen LogP contribution in [-0.2, 0) is 16.0 Å². The lowest BCUT2D eigenvalue weighted by molar-refractivity contribution is -0.147.